The molecule has 4 rings (SSSR count). The number of benzene rings is 1. The van der Waals surface area contributed by atoms with Crippen LogP contribution in [0.5, 0.6) is 5.75 Å². The van der Waals surface area contributed by atoms with Crippen LogP contribution in [0.15, 0.2) is 40.6 Å². The van der Waals surface area contributed by atoms with Crippen LogP contribution in [0.25, 0.3) is 10.4 Å². The van der Waals surface area contributed by atoms with Crippen molar-refractivity contribution in [3.05, 3.63) is 36.4 Å². The summed E-state index contributed by atoms with van der Waals surface area (Å²) in [6, 6.07) is 9.22. The van der Waals surface area contributed by atoms with E-state index in [2.05, 4.69) is 21.6 Å². The number of aliphatic carboxylic acids is 1. The van der Waals surface area contributed by atoms with Crippen molar-refractivity contribution in [3.63, 3.8) is 0 Å². The van der Waals surface area contributed by atoms with Crippen LogP contribution in [0.1, 0.15) is 12.8 Å². The molecule has 12 heteroatoms. The molecule has 2 aliphatic heterocycles. The zero-order chi connectivity index (χ0) is 26.6. The number of rotatable bonds is 9. The minimum absolute atomic E-state index is 0.0418. The minimum atomic E-state index is -4.04. The van der Waals surface area contributed by atoms with Crippen LogP contribution in [-0.4, -0.2) is 106 Å². The Morgan fingerprint density at radius 2 is 1.70 bits per heavy atom. The van der Waals surface area contributed by atoms with Gasteiger partial charge in [-0.2, -0.15) is 4.72 Å². The number of carboxylic acids is 1. The highest BCUT2D eigenvalue weighted by Crippen LogP contribution is 2.32. The van der Waals surface area contributed by atoms with Crippen molar-refractivity contribution in [1.82, 2.24) is 19.4 Å². The van der Waals surface area contributed by atoms with Crippen molar-refractivity contribution in [3.8, 4) is 16.2 Å². The molecule has 2 aromatic rings. The topological polar surface area (TPSA) is 119 Å². The molecule has 1 aromatic carbocycles. The number of hydrogen-bond acceptors (Lipinski definition) is 8. The predicted octanol–water partition coefficient (Wildman–Crippen LogP) is 1.64. The second kappa shape index (κ2) is 11.9. The summed E-state index contributed by atoms with van der Waals surface area (Å²) >= 11 is 1.08. The smallest absolute Gasteiger partial charge is 0.322 e. The van der Waals surface area contributed by atoms with E-state index in [1.165, 1.54) is 6.07 Å². The van der Waals surface area contributed by atoms with Gasteiger partial charge in [0.1, 0.15) is 16.0 Å². The Kier molecular flexibility index (Phi) is 8.86. The fourth-order valence-corrected chi connectivity index (χ4v) is 7.31. The molecule has 1 amide bonds. The molecule has 2 N–H and O–H groups in total. The predicted molar refractivity (Wildman–Crippen MR) is 141 cm³/mol. The van der Waals surface area contributed by atoms with Gasteiger partial charge in [-0.05, 0) is 67.8 Å². The summed E-state index contributed by atoms with van der Waals surface area (Å²) in [6.45, 7) is 4.77. The number of thiophene rings is 1. The van der Waals surface area contributed by atoms with E-state index >= 15 is 0 Å². The maximum absolute atomic E-state index is 13.1. The van der Waals surface area contributed by atoms with Crippen LogP contribution >= 0.6 is 11.3 Å². The van der Waals surface area contributed by atoms with Gasteiger partial charge in [-0.15, -0.1) is 11.3 Å². The number of hydrogen-bond donors (Lipinski definition) is 2. The Bertz CT molecular complexity index is 1180. The van der Waals surface area contributed by atoms with E-state index < -0.39 is 28.0 Å². The summed E-state index contributed by atoms with van der Waals surface area (Å²) in [7, 11) is -0.396. The number of ether oxygens (including phenoxy) is 1. The van der Waals surface area contributed by atoms with E-state index in [0.29, 0.717) is 38.2 Å². The van der Waals surface area contributed by atoms with Crippen molar-refractivity contribution in [1.29, 1.82) is 0 Å². The summed E-state index contributed by atoms with van der Waals surface area (Å²) < 4.78 is 33.8. The molecule has 2 aliphatic rings. The maximum atomic E-state index is 13.1. The first-order chi connectivity index (χ1) is 17.7. The molecule has 1 aromatic heterocycles. The van der Waals surface area contributed by atoms with Crippen LogP contribution in [0, 0.1) is 5.92 Å². The molecule has 0 saturated carbocycles. The molecule has 2 fully saturated rings. The van der Waals surface area contributed by atoms with Crippen molar-refractivity contribution in [2.75, 3.05) is 60.0 Å². The zero-order valence-electron chi connectivity index (χ0n) is 21.1. The van der Waals surface area contributed by atoms with Crippen LogP contribution in [-0.2, 0) is 19.6 Å². The normalized spacial score (nSPS) is 19.0. The van der Waals surface area contributed by atoms with Gasteiger partial charge in [0, 0.05) is 44.1 Å². The van der Waals surface area contributed by atoms with E-state index in [4.69, 9.17) is 4.74 Å². The first-order valence-corrected chi connectivity index (χ1v) is 14.6. The molecule has 10 nitrogen and oxygen atoms in total. The van der Waals surface area contributed by atoms with Gasteiger partial charge in [-0.3, -0.25) is 14.5 Å². The fraction of sp³-hybridized carbons (Fsp3) is 0.520. The maximum Gasteiger partial charge on any atom is 0.322 e. The standard InChI is InChI=1S/C25H34N4O6S2/c1-27-13-15-28(16-14-27)17-22(30)29-11-9-19(10-12-29)24(25(31)32)26-37(33,34)23-8-7-21(36-23)18-3-5-20(35-2)6-4-18/h3-8,19,24,26H,9-17H2,1-2H3,(H,31,32)/t24-/m1/s1. The van der Waals surface area contributed by atoms with Gasteiger partial charge in [-0.1, -0.05) is 0 Å². The molecule has 2 saturated heterocycles. The lowest BCUT2D eigenvalue weighted by molar-refractivity contribution is -0.141. The Hall–Kier alpha value is -2.51. The number of likely N-dealkylation sites (N-methyl/N-ethyl adjacent to an activating group) is 1. The lowest BCUT2D eigenvalue weighted by atomic mass is 9.90. The monoisotopic (exact) mass is 550 g/mol. The number of nitrogens with zero attached hydrogens (tertiary/aromatic N) is 3. The van der Waals surface area contributed by atoms with Crippen molar-refractivity contribution >= 4 is 33.2 Å². The Labute approximate surface area is 221 Å². The van der Waals surface area contributed by atoms with Crippen LogP contribution < -0.4 is 9.46 Å². The summed E-state index contributed by atoms with van der Waals surface area (Å²) in [5.41, 5.74) is 0.843. The fourth-order valence-electron chi connectivity index (χ4n) is 4.73. The molecular formula is C25H34N4O6S2. The van der Waals surface area contributed by atoms with Crippen LogP contribution in [0.3, 0.4) is 0 Å². The van der Waals surface area contributed by atoms with E-state index in [0.717, 1.165) is 48.0 Å². The van der Waals surface area contributed by atoms with E-state index in [-0.39, 0.29) is 10.1 Å². The number of carbonyl (C=O) groups is 2. The second-order valence-electron chi connectivity index (χ2n) is 9.58. The van der Waals surface area contributed by atoms with Gasteiger partial charge in [0.25, 0.3) is 10.0 Å². The molecular weight excluding hydrogens is 516 g/mol. The third-order valence-electron chi connectivity index (χ3n) is 7.09. The number of likely N-dealkylation sites (tertiary alicyclic amines) is 1. The Morgan fingerprint density at radius 3 is 2.30 bits per heavy atom. The molecule has 1 atom stereocenters. The number of nitrogens with one attached hydrogen (secondary N) is 1. The Balaban J connectivity index is 1.35. The summed E-state index contributed by atoms with van der Waals surface area (Å²) in [5.74, 6) is -0.870. The van der Waals surface area contributed by atoms with E-state index in [1.54, 1.807) is 30.2 Å². The lowest BCUT2D eigenvalue weighted by Gasteiger charge is -2.37. The number of carboxylic acid groups (broad SMARTS) is 1. The molecule has 0 unspecified atom stereocenters. The van der Waals surface area contributed by atoms with Gasteiger partial charge in [0.05, 0.1) is 13.7 Å². The van der Waals surface area contributed by atoms with Gasteiger partial charge in [0.15, 0.2) is 0 Å². The van der Waals surface area contributed by atoms with Gasteiger partial charge in [-0.25, -0.2) is 8.42 Å². The quantitative estimate of drug-likeness (QED) is 0.484. The molecule has 37 heavy (non-hydrogen) atoms. The SMILES string of the molecule is COc1ccc(-c2ccc(S(=O)(=O)N[C@@H](C(=O)O)C3CCN(C(=O)CN4CCN(C)CC4)CC3)s2)cc1. The van der Waals surface area contributed by atoms with Crippen molar-refractivity contribution < 1.29 is 27.9 Å². The third-order valence-corrected chi connectivity index (χ3v) is 10.2. The highest BCUT2D eigenvalue weighted by molar-refractivity contribution is 7.91. The molecule has 0 bridgehead atoms. The molecule has 0 aliphatic carbocycles. The minimum Gasteiger partial charge on any atom is -0.497 e. The zero-order valence-corrected chi connectivity index (χ0v) is 22.8. The number of amides is 1. The van der Waals surface area contributed by atoms with Crippen LogP contribution in [0.2, 0.25) is 0 Å². The number of piperidine rings is 1. The first-order valence-electron chi connectivity index (χ1n) is 12.3. The molecule has 202 valence electrons. The molecule has 0 spiro atoms. The third kappa shape index (κ3) is 6.88. The van der Waals surface area contributed by atoms with Gasteiger partial charge < -0.3 is 19.6 Å². The van der Waals surface area contributed by atoms with Crippen molar-refractivity contribution in [2.24, 2.45) is 5.92 Å². The van der Waals surface area contributed by atoms with Gasteiger partial charge >= 0.3 is 5.97 Å². The molecule has 0 radical (unpaired) electrons. The summed E-state index contributed by atoms with van der Waals surface area (Å²) in [4.78, 5) is 31.7. The van der Waals surface area contributed by atoms with E-state index in [9.17, 15) is 23.1 Å². The largest absolute Gasteiger partial charge is 0.497 e. The average Bonchev–Trinajstić information content (AvgIpc) is 3.40. The summed E-state index contributed by atoms with van der Waals surface area (Å²) in [6.07, 6.45) is 0.852. The van der Waals surface area contributed by atoms with E-state index in [1.807, 2.05) is 12.1 Å². The lowest BCUT2D eigenvalue weighted by Crippen LogP contribution is -2.52. The molecule has 3 heterocycles. The van der Waals surface area contributed by atoms with Gasteiger partial charge in [0.2, 0.25) is 5.91 Å². The average molecular weight is 551 g/mol. The Morgan fingerprint density at radius 1 is 1.05 bits per heavy atom. The first kappa shape index (κ1) is 27.5. The van der Waals surface area contributed by atoms with Crippen LogP contribution in [0.4, 0.5) is 0 Å². The number of methoxy groups -OCH3 is 1. The highest BCUT2D eigenvalue weighted by atomic mass is 32.2. The number of piperazine rings is 1. The summed E-state index contributed by atoms with van der Waals surface area (Å²) in [5, 5.41) is 9.85. The van der Waals surface area contributed by atoms with Crippen molar-refractivity contribution in [2.45, 2.75) is 23.1 Å². The highest BCUT2D eigenvalue weighted by Gasteiger charge is 2.36. The second-order valence-corrected chi connectivity index (χ2v) is 12.6. The number of carbonyl (C=O) groups excluding carboxylic acids is 1. The number of sulfonamides is 1.